The van der Waals surface area contributed by atoms with Crippen LogP contribution in [-0.2, 0) is 20.7 Å². The minimum Gasteiger partial charge on any atom is -0.467 e. The van der Waals surface area contributed by atoms with Crippen LogP contribution in [0.2, 0.25) is 10.0 Å². The number of benzene rings is 2. The second kappa shape index (κ2) is 8.88. The van der Waals surface area contributed by atoms with Crippen molar-refractivity contribution in [2.24, 2.45) is 5.92 Å². The molecule has 132 valence electrons. The highest BCUT2D eigenvalue weighted by Crippen LogP contribution is 2.24. The molecule has 2 rings (SSSR count). The van der Waals surface area contributed by atoms with Gasteiger partial charge in [0.25, 0.3) is 0 Å². The molecule has 0 saturated carbocycles. The summed E-state index contributed by atoms with van der Waals surface area (Å²) in [5.74, 6) is -1.16. The maximum atomic E-state index is 12.5. The first-order chi connectivity index (χ1) is 11.9. The fourth-order valence-corrected chi connectivity index (χ4v) is 2.92. The van der Waals surface area contributed by atoms with E-state index < -0.39 is 12.0 Å². The lowest BCUT2D eigenvalue weighted by atomic mass is 9.99. The highest BCUT2D eigenvalue weighted by molar-refractivity contribution is 6.35. The van der Waals surface area contributed by atoms with E-state index in [1.54, 1.807) is 49.4 Å². The van der Waals surface area contributed by atoms with E-state index in [1.807, 2.05) is 6.07 Å². The van der Waals surface area contributed by atoms with Crippen LogP contribution >= 0.6 is 23.2 Å². The topological polar surface area (TPSA) is 55.4 Å². The number of methoxy groups -OCH3 is 1. The smallest absolute Gasteiger partial charge is 0.333 e. The van der Waals surface area contributed by atoms with Crippen molar-refractivity contribution in [3.8, 4) is 0 Å². The highest BCUT2D eigenvalue weighted by atomic mass is 35.5. The summed E-state index contributed by atoms with van der Waals surface area (Å²) >= 11 is 12.1. The molecule has 0 aliphatic rings. The van der Waals surface area contributed by atoms with Crippen molar-refractivity contribution >= 4 is 35.1 Å². The molecule has 0 heterocycles. The Morgan fingerprint density at radius 1 is 1.12 bits per heavy atom. The molecule has 2 unspecified atom stereocenters. The number of hydrogen-bond acceptors (Lipinski definition) is 3. The highest BCUT2D eigenvalue weighted by Gasteiger charge is 2.26. The second-order valence-corrected chi connectivity index (χ2v) is 6.56. The molecule has 6 heteroatoms. The van der Waals surface area contributed by atoms with Crippen molar-refractivity contribution in [2.75, 3.05) is 7.11 Å². The van der Waals surface area contributed by atoms with Crippen molar-refractivity contribution in [3.63, 3.8) is 0 Å². The van der Waals surface area contributed by atoms with Gasteiger partial charge in [0, 0.05) is 16.0 Å². The van der Waals surface area contributed by atoms with Gasteiger partial charge < -0.3 is 10.1 Å². The maximum absolute atomic E-state index is 12.5. The molecule has 0 saturated heterocycles. The Hall–Kier alpha value is -2.04. The SMILES string of the molecule is COC(=O)C(NC(=O)C(C)Cc1ccc(Cl)cc1Cl)c1ccccc1. The summed E-state index contributed by atoms with van der Waals surface area (Å²) in [5.41, 5.74) is 1.49. The van der Waals surface area contributed by atoms with Gasteiger partial charge >= 0.3 is 5.97 Å². The molecule has 4 nitrogen and oxygen atoms in total. The Morgan fingerprint density at radius 3 is 2.40 bits per heavy atom. The molecule has 0 bridgehead atoms. The summed E-state index contributed by atoms with van der Waals surface area (Å²) in [7, 11) is 1.29. The van der Waals surface area contributed by atoms with Crippen LogP contribution in [0.25, 0.3) is 0 Å². The summed E-state index contributed by atoms with van der Waals surface area (Å²) in [6.07, 6.45) is 0.435. The predicted octanol–water partition coefficient (Wildman–Crippen LogP) is 4.20. The van der Waals surface area contributed by atoms with Gasteiger partial charge in [-0.1, -0.05) is 66.5 Å². The number of amides is 1. The predicted molar refractivity (Wildman–Crippen MR) is 98.7 cm³/mol. The largest absolute Gasteiger partial charge is 0.467 e. The van der Waals surface area contributed by atoms with Gasteiger partial charge in [0.15, 0.2) is 6.04 Å². The molecule has 0 fully saturated rings. The van der Waals surface area contributed by atoms with Crippen molar-refractivity contribution < 1.29 is 14.3 Å². The number of ether oxygens (including phenoxy) is 1. The van der Waals surface area contributed by atoms with Crippen molar-refractivity contribution in [2.45, 2.75) is 19.4 Å². The van der Waals surface area contributed by atoms with E-state index in [4.69, 9.17) is 27.9 Å². The van der Waals surface area contributed by atoms with Gasteiger partial charge in [0.05, 0.1) is 7.11 Å². The lowest BCUT2D eigenvalue weighted by molar-refractivity contribution is -0.145. The summed E-state index contributed by atoms with van der Waals surface area (Å²) < 4.78 is 4.81. The summed E-state index contributed by atoms with van der Waals surface area (Å²) in [6.45, 7) is 1.78. The van der Waals surface area contributed by atoms with Gasteiger partial charge in [0.2, 0.25) is 5.91 Å². The molecule has 0 aliphatic carbocycles. The fourth-order valence-electron chi connectivity index (χ4n) is 2.44. The normalized spacial score (nSPS) is 13.0. The third kappa shape index (κ3) is 5.21. The van der Waals surface area contributed by atoms with E-state index in [1.165, 1.54) is 7.11 Å². The van der Waals surface area contributed by atoms with E-state index in [0.29, 0.717) is 22.0 Å². The Kier molecular flexibility index (Phi) is 6.85. The molecular weight excluding hydrogens is 361 g/mol. The number of nitrogens with one attached hydrogen (secondary N) is 1. The minimum absolute atomic E-state index is 0.259. The first kappa shape index (κ1) is 19.3. The molecule has 2 atom stereocenters. The second-order valence-electron chi connectivity index (χ2n) is 5.72. The molecule has 0 spiro atoms. The van der Waals surface area contributed by atoms with E-state index in [-0.39, 0.29) is 11.8 Å². The molecule has 0 aromatic heterocycles. The maximum Gasteiger partial charge on any atom is 0.333 e. The van der Waals surface area contributed by atoms with Crippen LogP contribution in [0.3, 0.4) is 0 Å². The number of esters is 1. The van der Waals surface area contributed by atoms with Crippen LogP contribution in [-0.4, -0.2) is 19.0 Å². The minimum atomic E-state index is -0.846. The van der Waals surface area contributed by atoms with Gasteiger partial charge in [-0.25, -0.2) is 4.79 Å². The Balaban J connectivity index is 2.10. The van der Waals surface area contributed by atoms with Gasteiger partial charge in [-0.05, 0) is 29.7 Å². The zero-order valence-corrected chi connectivity index (χ0v) is 15.5. The lowest BCUT2D eigenvalue weighted by Crippen LogP contribution is -2.38. The quantitative estimate of drug-likeness (QED) is 0.765. The average Bonchev–Trinajstić information content (AvgIpc) is 2.61. The first-order valence-electron chi connectivity index (χ1n) is 7.79. The van der Waals surface area contributed by atoms with E-state index in [2.05, 4.69) is 5.32 Å². The summed E-state index contributed by atoms with van der Waals surface area (Å²) in [4.78, 5) is 24.6. The Bertz CT molecular complexity index is 750. The number of halogens is 2. The zero-order chi connectivity index (χ0) is 18.4. The molecule has 0 aliphatic heterocycles. The van der Waals surface area contributed by atoms with Gasteiger partial charge in [-0.15, -0.1) is 0 Å². The molecule has 25 heavy (non-hydrogen) atoms. The standard InChI is InChI=1S/C19H19Cl2NO3/c1-12(10-14-8-9-15(20)11-16(14)21)18(23)22-17(19(24)25-2)13-6-4-3-5-7-13/h3-9,11-12,17H,10H2,1-2H3,(H,22,23). The molecule has 1 N–H and O–H groups in total. The average molecular weight is 380 g/mol. The van der Waals surface area contributed by atoms with Crippen LogP contribution in [0.4, 0.5) is 0 Å². The van der Waals surface area contributed by atoms with Gasteiger partial charge in [0.1, 0.15) is 0 Å². The van der Waals surface area contributed by atoms with E-state index in [0.717, 1.165) is 5.56 Å². The molecule has 1 amide bonds. The van der Waals surface area contributed by atoms with Crippen molar-refractivity contribution in [1.82, 2.24) is 5.32 Å². The Labute approximate surface area is 157 Å². The number of carbonyl (C=O) groups excluding carboxylic acids is 2. The van der Waals surface area contributed by atoms with E-state index >= 15 is 0 Å². The monoisotopic (exact) mass is 379 g/mol. The summed E-state index contributed by atoms with van der Waals surface area (Å²) in [5, 5.41) is 3.81. The zero-order valence-electron chi connectivity index (χ0n) is 14.0. The first-order valence-corrected chi connectivity index (χ1v) is 8.55. The van der Waals surface area contributed by atoms with E-state index in [9.17, 15) is 9.59 Å². The van der Waals surface area contributed by atoms with Crippen LogP contribution in [0.5, 0.6) is 0 Å². The summed E-state index contributed by atoms with van der Waals surface area (Å²) in [6, 6.07) is 13.3. The molecule has 2 aromatic carbocycles. The van der Waals surface area contributed by atoms with Crippen LogP contribution in [0.15, 0.2) is 48.5 Å². The van der Waals surface area contributed by atoms with Gasteiger partial charge in [-0.2, -0.15) is 0 Å². The number of carbonyl (C=O) groups is 2. The van der Waals surface area contributed by atoms with Crippen molar-refractivity contribution in [1.29, 1.82) is 0 Å². The van der Waals surface area contributed by atoms with Crippen LogP contribution in [0.1, 0.15) is 24.1 Å². The molecule has 2 aromatic rings. The lowest BCUT2D eigenvalue weighted by Gasteiger charge is -2.20. The Morgan fingerprint density at radius 2 is 1.80 bits per heavy atom. The van der Waals surface area contributed by atoms with Gasteiger partial charge in [-0.3, -0.25) is 4.79 Å². The van der Waals surface area contributed by atoms with Crippen molar-refractivity contribution in [3.05, 3.63) is 69.7 Å². The molecular formula is C19H19Cl2NO3. The third-order valence-corrected chi connectivity index (χ3v) is 4.43. The van der Waals surface area contributed by atoms with Crippen LogP contribution < -0.4 is 5.32 Å². The van der Waals surface area contributed by atoms with Crippen LogP contribution in [0, 0.1) is 5.92 Å². The third-order valence-electron chi connectivity index (χ3n) is 3.85. The number of rotatable bonds is 6. The molecule has 0 radical (unpaired) electrons. The number of hydrogen-bond donors (Lipinski definition) is 1. The fraction of sp³-hybridized carbons (Fsp3) is 0.263.